The van der Waals surface area contributed by atoms with Gasteiger partial charge in [0.15, 0.2) is 0 Å². The number of alkyl halides is 3. The SMILES string of the molecule is CCCc1cc(OCCN(C)C)cc(C(F)(F)F)c1. The van der Waals surface area contributed by atoms with E-state index in [2.05, 4.69) is 0 Å². The molecule has 0 bridgehead atoms. The molecule has 0 aliphatic carbocycles. The van der Waals surface area contributed by atoms with Crippen LogP contribution in [0.2, 0.25) is 0 Å². The summed E-state index contributed by atoms with van der Waals surface area (Å²) in [7, 11) is 3.77. The van der Waals surface area contributed by atoms with Crippen LogP contribution in [-0.4, -0.2) is 32.1 Å². The first-order valence-corrected chi connectivity index (χ1v) is 6.31. The molecule has 19 heavy (non-hydrogen) atoms. The summed E-state index contributed by atoms with van der Waals surface area (Å²) in [6, 6.07) is 3.95. The fourth-order valence-electron chi connectivity index (χ4n) is 1.69. The number of likely N-dealkylation sites (N-methyl/N-ethyl adjacent to an activating group) is 1. The molecule has 0 aromatic heterocycles. The Labute approximate surface area is 112 Å². The lowest BCUT2D eigenvalue weighted by Crippen LogP contribution is -2.19. The van der Waals surface area contributed by atoms with Crippen molar-refractivity contribution in [2.45, 2.75) is 25.9 Å². The summed E-state index contributed by atoms with van der Waals surface area (Å²) >= 11 is 0. The standard InChI is InChI=1S/C14H20F3NO/c1-4-5-11-8-12(14(15,16)17)10-13(9-11)19-7-6-18(2)3/h8-10H,4-7H2,1-3H3. The average Bonchev–Trinajstić information content (AvgIpc) is 2.27. The van der Waals surface area contributed by atoms with Gasteiger partial charge in [-0.1, -0.05) is 13.3 Å². The van der Waals surface area contributed by atoms with Crippen molar-refractivity contribution in [2.75, 3.05) is 27.2 Å². The van der Waals surface area contributed by atoms with Crippen molar-refractivity contribution in [3.8, 4) is 5.75 Å². The second kappa shape index (κ2) is 6.80. The third-order valence-electron chi connectivity index (χ3n) is 2.64. The van der Waals surface area contributed by atoms with E-state index < -0.39 is 11.7 Å². The molecule has 0 N–H and O–H groups in total. The Bertz CT molecular complexity index is 402. The van der Waals surface area contributed by atoms with Crippen LogP contribution in [0.15, 0.2) is 18.2 Å². The van der Waals surface area contributed by atoms with Crippen LogP contribution in [0.1, 0.15) is 24.5 Å². The number of benzene rings is 1. The van der Waals surface area contributed by atoms with Crippen molar-refractivity contribution in [1.82, 2.24) is 4.90 Å². The zero-order valence-corrected chi connectivity index (χ0v) is 11.5. The largest absolute Gasteiger partial charge is 0.492 e. The lowest BCUT2D eigenvalue weighted by Gasteiger charge is -2.14. The maximum Gasteiger partial charge on any atom is 0.416 e. The average molecular weight is 275 g/mol. The number of rotatable bonds is 6. The van der Waals surface area contributed by atoms with Gasteiger partial charge in [-0.05, 0) is 44.3 Å². The quantitative estimate of drug-likeness (QED) is 0.786. The maximum atomic E-state index is 12.8. The predicted octanol–water partition coefficient (Wildman–Crippen LogP) is 3.60. The second-order valence-corrected chi connectivity index (χ2v) is 4.77. The molecule has 0 spiro atoms. The van der Waals surface area contributed by atoms with Crippen molar-refractivity contribution >= 4 is 0 Å². The van der Waals surface area contributed by atoms with Crippen LogP contribution in [0, 0.1) is 0 Å². The van der Waals surface area contributed by atoms with Crippen LogP contribution in [0.25, 0.3) is 0 Å². The Morgan fingerprint density at radius 1 is 1.16 bits per heavy atom. The van der Waals surface area contributed by atoms with E-state index in [9.17, 15) is 13.2 Å². The Balaban J connectivity index is 2.87. The Hall–Kier alpha value is -1.23. The molecule has 0 atom stereocenters. The van der Waals surface area contributed by atoms with E-state index in [1.165, 1.54) is 6.07 Å². The normalized spacial score (nSPS) is 11.9. The summed E-state index contributed by atoms with van der Waals surface area (Å²) in [5.41, 5.74) is 0.0236. The number of hydrogen-bond acceptors (Lipinski definition) is 2. The van der Waals surface area contributed by atoms with Crippen molar-refractivity contribution in [3.05, 3.63) is 29.3 Å². The van der Waals surface area contributed by atoms with Gasteiger partial charge in [-0.2, -0.15) is 13.2 Å². The minimum absolute atomic E-state index is 0.292. The van der Waals surface area contributed by atoms with E-state index in [0.29, 0.717) is 30.9 Å². The molecule has 0 aliphatic rings. The van der Waals surface area contributed by atoms with E-state index in [0.717, 1.165) is 12.5 Å². The van der Waals surface area contributed by atoms with E-state index in [1.807, 2.05) is 25.9 Å². The van der Waals surface area contributed by atoms with Crippen LogP contribution < -0.4 is 4.74 Å². The summed E-state index contributed by atoms with van der Waals surface area (Å²) in [6.07, 6.45) is -2.91. The van der Waals surface area contributed by atoms with Gasteiger partial charge in [-0.25, -0.2) is 0 Å². The van der Waals surface area contributed by atoms with Crippen molar-refractivity contribution in [3.63, 3.8) is 0 Å². The van der Waals surface area contributed by atoms with Crippen molar-refractivity contribution in [2.24, 2.45) is 0 Å². The highest BCUT2D eigenvalue weighted by molar-refractivity contribution is 5.36. The van der Waals surface area contributed by atoms with Gasteiger partial charge in [-0.3, -0.25) is 0 Å². The van der Waals surface area contributed by atoms with Crippen molar-refractivity contribution < 1.29 is 17.9 Å². The molecule has 2 nitrogen and oxygen atoms in total. The maximum absolute atomic E-state index is 12.8. The lowest BCUT2D eigenvalue weighted by atomic mass is 10.1. The number of halogens is 3. The first-order valence-electron chi connectivity index (χ1n) is 6.31. The molecule has 0 unspecified atom stereocenters. The topological polar surface area (TPSA) is 12.5 Å². The van der Waals surface area contributed by atoms with Gasteiger partial charge in [0.25, 0.3) is 0 Å². The van der Waals surface area contributed by atoms with E-state index >= 15 is 0 Å². The van der Waals surface area contributed by atoms with E-state index in [4.69, 9.17) is 4.74 Å². The fraction of sp³-hybridized carbons (Fsp3) is 0.571. The molecule has 1 rings (SSSR count). The molecular weight excluding hydrogens is 255 g/mol. The molecule has 0 saturated heterocycles. The van der Waals surface area contributed by atoms with Crippen LogP contribution >= 0.6 is 0 Å². The zero-order chi connectivity index (χ0) is 14.5. The highest BCUT2D eigenvalue weighted by Crippen LogP contribution is 2.33. The highest BCUT2D eigenvalue weighted by atomic mass is 19.4. The fourth-order valence-corrected chi connectivity index (χ4v) is 1.69. The van der Waals surface area contributed by atoms with Crippen LogP contribution in [0.3, 0.4) is 0 Å². The van der Waals surface area contributed by atoms with Gasteiger partial charge in [0.1, 0.15) is 12.4 Å². The number of nitrogens with zero attached hydrogens (tertiary/aromatic N) is 1. The molecule has 5 heteroatoms. The first kappa shape index (κ1) is 15.8. The molecule has 0 saturated carbocycles. The Kier molecular flexibility index (Phi) is 5.66. The van der Waals surface area contributed by atoms with Crippen LogP contribution in [0.4, 0.5) is 13.2 Å². The van der Waals surface area contributed by atoms with Gasteiger partial charge in [-0.15, -0.1) is 0 Å². The van der Waals surface area contributed by atoms with Gasteiger partial charge in [0.05, 0.1) is 5.56 Å². The molecule has 0 radical (unpaired) electrons. The van der Waals surface area contributed by atoms with Crippen LogP contribution in [0.5, 0.6) is 5.75 Å². The molecule has 0 amide bonds. The van der Waals surface area contributed by atoms with Gasteiger partial charge in [0.2, 0.25) is 0 Å². The molecule has 108 valence electrons. The Morgan fingerprint density at radius 3 is 2.37 bits per heavy atom. The van der Waals surface area contributed by atoms with Crippen molar-refractivity contribution in [1.29, 1.82) is 0 Å². The predicted molar refractivity (Wildman–Crippen MR) is 69.5 cm³/mol. The van der Waals surface area contributed by atoms with Gasteiger partial charge < -0.3 is 9.64 Å². The summed E-state index contributed by atoms with van der Waals surface area (Å²) in [4.78, 5) is 1.92. The molecule has 1 aromatic carbocycles. The van der Waals surface area contributed by atoms with Crippen LogP contribution in [-0.2, 0) is 12.6 Å². The highest BCUT2D eigenvalue weighted by Gasteiger charge is 2.31. The second-order valence-electron chi connectivity index (χ2n) is 4.77. The zero-order valence-electron chi connectivity index (χ0n) is 11.5. The minimum Gasteiger partial charge on any atom is -0.492 e. The third-order valence-corrected chi connectivity index (χ3v) is 2.64. The molecule has 0 heterocycles. The minimum atomic E-state index is -4.33. The summed E-state index contributed by atoms with van der Waals surface area (Å²) in [5, 5.41) is 0. The Morgan fingerprint density at radius 2 is 1.84 bits per heavy atom. The van der Waals surface area contributed by atoms with E-state index in [1.54, 1.807) is 6.07 Å². The van der Waals surface area contributed by atoms with Gasteiger partial charge >= 0.3 is 6.18 Å². The molecule has 0 fully saturated rings. The molecule has 0 aliphatic heterocycles. The smallest absolute Gasteiger partial charge is 0.416 e. The summed E-state index contributed by atoms with van der Waals surface area (Å²) < 4.78 is 43.7. The molecular formula is C14H20F3NO. The number of aryl methyl sites for hydroxylation is 1. The number of ether oxygens (including phenoxy) is 1. The summed E-state index contributed by atoms with van der Waals surface area (Å²) in [5.74, 6) is 0.292. The monoisotopic (exact) mass is 275 g/mol. The molecule has 1 aromatic rings. The van der Waals surface area contributed by atoms with E-state index in [-0.39, 0.29) is 0 Å². The number of hydrogen-bond donors (Lipinski definition) is 0. The first-order chi connectivity index (χ1) is 8.82. The van der Waals surface area contributed by atoms with Gasteiger partial charge in [0, 0.05) is 6.54 Å². The third kappa shape index (κ3) is 5.51. The summed E-state index contributed by atoms with van der Waals surface area (Å²) in [6.45, 7) is 2.98. The lowest BCUT2D eigenvalue weighted by molar-refractivity contribution is -0.137.